The van der Waals surface area contributed by atoms with Crippen LogP contribution >= 0.6 is 15.9 Å². The largest absolute Gasteiger partial charge is 0.496 e. The molecular weight excluding hydrogens is 259 g/mol. The molecule has 0 aromatic heterocycles. The minimum Gasteiger partial charge on any atom is -0.496 e. The van der Waals surface area contributed by atoms with Crippen LogP contribution in [0, 0.1) is 0 Å². The van der Waals surface area contributed by atoms with Gasteiger partial charge in [-0.3, -0.25) is 0 Å². The van der Waals surface area contributed by atoms with Crippen LogP contribution in [0.5, 0.6) is 5.75 Å². The number of ether oxygens (including phenoxy) is 1. The van der Waals surface area contributed by atoms with Crippen molar-refractivity contribution in [3.63, 3.8) is 0 Å². The van der Waals surface area contributed by atoms with Gasteiger partial charge in [-0.2, -0.15) is 0 Å². The molecule has 15 heavy (non-hydrogen) atoms. The molecule has 0 saturated carbocycles. The molecule has 0 atom stereocenters. The van der Waals surface area contributed by atoms with E-state index in [1.807, 2.05) is 24.3 Å². The molecular formula is C12H10BrFO. The summed E-state index contributed by atoms with van der Waals surface area (Å²) >= 11 is 3.44. The number of fused-ring (bicyclic) bond motifs is 1. The Morgan fingerprint density at radius 2 is 2.00 bits per heavy atom. The van der Waals surface area contributed by atoms with Crippen LogP contribution in [-0.2, 0) is 6.67 Å². The Bertz CT molecular complexity index is 496. The molecule has 2 rings (SSSR count). The minimum atomic E-state index is -0.517. The molecule has 78 valence electrons. The molecule has 0 spiro atoms. The molecule has 0 aliphatic heterocycles. The Balaban J connectivity index is 2.82. The zero-order valence-electron chi connectivity index (χ0n) is 8.26. The number of hydrogen-bond acceptors (Lipinski definition) is 1. The van der Waals surface area contributed by atoms with Crippen LogP contribution in [0.1, 0.15) is 5.56 Å². The highest BCUT2D eigenvalue weighted by Crippen LogP contribution is 2.32. The molecule has 0 fully saturated rings. The van der Waals surface area contributed by atoms with Crippen LogP contribution in [0.3, 0.4) is 0 Å². The molecule has 0 bridgehead atoms. The predicted octanol–water partition coefficient (Wildman–Crippen LogP) is 4.08. The molecule has 0 radical (unpaired) electrons. The van der Waals surface area contributed by atoms with Gasteiger partial charge in [-0.05, 0) is 29.0 Å². The molecule has 0 amide bonds. The lowest BCUT2D eigenvalue weighted by atomic mass is 10.0. The first-order valence-corrected chi connectivity index (χ1v) is 5.37. The van der Waals surface area contributed by atoms with Crippen molar-refractivity contribution in [3.05, 3.63) is 40.4 Å². The number of alkyl halides is 1. The lowest BCUT2D eigenvalue weighted by Gasteiger charge is -2.09. The van der Waals surface area contributed by atoms with E-state index in [9.17, 15) is 4.39 Å². The third-order valence-corrected chi connectivity index (χ3v) is 3.12. The standard InChI is InChI=1S/C12H10BrFO/c1-15-12-6-5-9-8(10(12)7-14)3-2-4-11(9)13/h2-6H,7H2,1H3. The summed E-state index contributed by atoms with van der Waals surface area (Å²) < 4.78 is 19.0. The Hall–Kier alpha value is -1.09. The summed E-state index contributed by atoms with van der Waals surface area (Å²) in [7, 11) is 1.55. The van der Waals surface area contributed by atoms with E-state index < -0.39 is 6.67 Å². The first kappa shape index (κ1) is 10.4. The SMILES string of the molecule is COc1ccc2c(Br)cccc2c1CF. The fraction of sp³-hybridized carbons (Fsp3) is 0.167. The zero-order valence-corrected chi connectivity index (χ0v) is 9.84. The second kappa shape index (κ2) is 4.19. The molecule has 0 aliphatic carbocycles. The Labute approximate surface area is 96.0 Å². The van der Waals surface area contributed by atoms with Crippen molar-refractivity contribution in [2.75, 3.05) is 7.11 Å². The molecule has 3 heteroatoms. The minimum absolute atomic E-state index is 0.517. The summed E-state index contributed by atoms with van der Waals surface area (Å²) in [5.41, 5.74) is 0.608. The number of halogens is 2. The van der Waals surface area contributed by atoms with Gasteiger partial charge < -0.3 is 4.74 Å². The zero-order chi connectivity index (χ0) is 10.8. The summed E-state index contributed by atoms with van der Waals surface area (Å²) in [6.45, 7) is -0.517. The van der Waals surface area contributed by atoms with E-state index in [-0.39, 0.29) is 0 Å². The average molecular weight is 269 g/mol. The van der Waals surface area contributed by atoms with Crippen LogP contribution in [0.2, 0.25) is 0 Å². The lowest BCUT2D eigenvalue weighted by Crippen LogP contribution is -1.91. The van der Waals surface area contributed by atoms with Gasteiger partial charge in [0, 0.05) is 10.0 Å². The number of hydrogen-bond donors (Lipinski definition) is 0. The Morgan fingerprint density at radius 1 is 1.20 bits per heavy atom. The second-order valence-corrected chi connectivity index (χ2v) is 4.07. The maximum atomic E-state index is 12.9. The van der Waals surface area contributed by atoms with E-state index in [1.165, 1.54) is 0 Å². The molecule has 2 aromatic carbocycles. The van der Waals surface area contributed by atoms with Gasteiger partial charge in [-0.15, -0.1) is 0 Å². The quantitative estimate of drug-likeness (QED) is 0.798. The molecule has 0 N–H and O–H groups in total. The molecule has 1 nitrogen and oxygen atoms in total. The summed E-state index contributed by atoms with van der Waals surface area (Å²) in [4.78, 5) is 0. The summed E-state index contributed by atoms with van der Waals surface area (Å²) in [5.74, 6) is 0.600. The van der Waals surface area contributed by atoms with Crippen LogP contribution in [-0.4, -0.2) is 7.11 Å². The Kier molecular flexibility index (Phi) is 2.91. The number of methoxy groups -OCH3 is 1. The van der Waals surface area contributed by atoms with E-state index >= 15 is 0 Å². The highest BCUT2D eigenvalue weighted by molar-refractivity contribution is 9.10. The van der Waals surface area contributed by atoms with Gasteiger partial charge in [0.15, 0.2) is 0 Å². The van der Waals surface area contributed by atoms with E-state index in [0.717, 1.165) is 15.2 Å². The van der Waals surface area contributed by atoms with Crippen LogP contribution in [0.4, 0.5) is 4.39 Å². The smallest absolute Gasteiger partial charge is 0.125 e. The van der Waals surface area contributed by atoms with Crippen molar-refractivity contribution in [1.82, 2.24) is 0 Å². The number of rotatable bonds is 2. The first-order chi connectivity index (χ1) is 7.27. The first-order valence-electron chi connectivity index (χ1n) is 4.58. The molecule has 0 heterocycles. The lowest BCUT2D eigenvalue weighted by molar-refractivity contribution is 0.396. The van der Waals surface area contributed by atoms with Gasteiger partial charge in [0.25, 0.3) is 0 Å². The highest BCUT2D eigenvalue weighted by atomic mass is 79.9. The van der Waals surface area contributed by atoms with Gasteiger partial charge in [-0.1, -0.05) is 28.1 Å². The van der Waals surface area contributed by atoms with E-state index in [4.69, 9.17) is 4.74 Å². The second-order valence-electron chi connectivity index (χ2n) is 3.21. The predicted molar refractivity (Wildman–Crippen MR) is 63.0 cm³/mol. The Morgan fingerprint density at radius 3 is 2.67 bits per heavy atom. The maximum absolute atomic E-state index is 12.9. The van der Waals surface area contributed by atoms with Gasteiger partial charge >= 0.3 is 0 Å². The van der Waals surface area contributed by atoms with Crippen molar-refractivity contribution in [3.8, 4) is 5.75 Å². The van der Waals surface area contributed by atoms with Crippen molar-refractivity contribution in [2.45, 2.75) is 6.67 Å². The van der Waals surface area contributed by atoms with Crippen LogP contribution in [0.25, 0.3) is 10.8 Å². The molecule has 0 unspecified atom stereocenters. The molecule has 0 saturated heterocycles. The fourth-order valence-corrected chi connectivity index (χ4v) is 2.19. The molecule has 0 aliphatic rings. The van der Waals surface area contributed by atoms with Crippen LogP contribution < -0.4 is 4.74 Å². The summed E-state index contributed by atoms with van der Waals surface area (Å²) in [6, 6.07) is 9.46. The highest BCUT2D eigenvalue weighted by Gasteiger charge is 2.08. The molecule has 2 aromatic rings. The maximum Gasteiger partial charge on any atom is 0.125 e. The summed E-state index contributed by atoms with van der Waals surface area (Å²) in [6.07, 6.45) is 0. The van der Waals surface area contributed by atoms with Gasteiger partial charge in [0.2, 0.25) is 0 Å². The van der Waals surface area contributed by atoms with Crippen molar-refractivity contribution in [1.29, 1.82) is 0 Å². The van der Waals surface area contributed by atoms with Crippen molar-refractivity contribution >= 4 is 26.7 Å². The third-order valence-electron chi connectivity index (χ3n) is 2.43. The van der Waals surface area contributed by atoms with E-state index in [1.54, 1.807) is 13.2 Å². The third kappa shape index (κ3) is 1.72. The van der Waals surface area contributed by atoms with E-state index in [0.29, 0.717) is 11.3 Å². The van der Waals surface area contributed by atoms with Crippen molar-refractivity contribution in [2.24, 2.45) is 0 Å². The van der Waals surface area contributed by atoms with Gasteiger partial charge in [-0.25, -0.2) is 4.39 Å². The topological polar surface area (TPSA) is 9.23 Å². The number of benzene rings is 2. The summed E-state index contributed by atoms with van der Waals surface area (Å²) in [5, 5.41) is 1.90. The van der Waals surface area contributed by atoms with Gasteiger partial charge in [0.1, 0.15) is 12.4 Å². The van der Waals surface area contributed by atoms with E-state index in [2.05, 4.69) is 15.9 Å². The normalized spacial score (nSPS) is 10.6. The average Bonchev–Trinajstić information content (AvgIpc) is 2.28. The monoisotopic (exact) mass is 268 g/mol. The fourth-order valence-electron chi connectivity index (χ4n) is 1.69. The van der Waals surface area contributed by atoms with Gasteiger partial charge in [0.05, 0.1) is 7.11 Å². The van der Waals surface area contributed by atoms with Crippen molar-refractivity contribution < 1.29 is 9.13 Å². The van der Waals surface area contributed by atoms with Crippen LogP contribution in [0.15, 0.2) is 34.8 Å².